The normalized spacial score (nSPS) is 26.7. The average Bonchev–Trinajstić information content (AvgIpc) is 2.30. The van der Waals surface area contributed by atoms with Crippen LogP contribution in [0.25, 0.3) is 0 Å². The maximum atomic E-state index is 2.33. The number of hydrogen-bond acceptors (Lipinski definition) is 0. The molecule has 0 amide bonds. The van der Waals surface area contributed by atoms with Crippen LogP contribution in [0.1, 0.15) is 42.7 Å². The molecular weight excluding hydrogens is 196 g/mol. The van der Waals surface area contributed by atoms with Gasteiger partial charge < -0.3 is 0 Å². The number of aryl methyl sites for hydroxylation is 1. The predicted octanol–water partition coefficient (Wildman–Crippen LogP) is 3.05. The quantitative estimate of drug-likeness (QED) is 0.669. The van der Waals surface area contributed by atoms with Gasteiger partial charge in [-0.2, -0.15) is 0 Å². The first-order chi connectivity index (χ1) is 7.29. The third-order valence-electron chi connectivity index (χ3n) is 3.97. The van der Waals surface area contributed by atoms with Gasteiger partial charge in [0.2, 0.25) is 0 Å². The Bertz CT molecular complexity index is 294. The molecule has 1 aromatic carbocycles. The second kappa shape index (κ2) is 4.98. The predicted molar refractivity (Wildman–Crippen MR) is 70.6 cm³/mol. The van der Waals surface area contributed by atoms with Crippen LogP contribution in [0, 0.1) is 12.8 Å². The lowest BCUT2D eigenvalue weighted by atomic mass is 9.79. The summed E-state index contributed by atoms with van der Waals surface area (Å²) in [6.45, 7) is 2.17. The molecule has 82 valence electrons. The third kappa shape index (κ3) is 2.72. The lowest BCUT2D eigenvalue weighted by molar-refractivity contribution is 0.348. The first-order valence-electron chi connectivity index (χ1n) is 6.36. The molecular formula is C14H22Si. The van der Waals surface area contributed by atoms with Gasteiger partial charge in [-0.05, 0) is 37.2 Å². The summed E-state index contributed by atoms with van der Waals surface area (Å²) in [7, 11) is 1.39. The van der Waals surface area contributed by atoms with Gasteiger partial charge in [0.05, 0.1) is 0 Å². The van der Waals surface area contributed by atoms with E-state index < -0.39 is 0 Å². The molecule has 1 saturated carbocycles. The minimum absolute atomic E-state index is 0.857. The summed E-state index contributed by atoms with van der Waals surface area (Å²) >= 11 is 0. The highest BCUT2D eigenvalue weighted by Crippen LogP contribution is 2.36. The van der Waals surface area contributed by atoms with Gasteiger partial charge in [0.25, 0.3) is 0 Å². The van der Waals surface area contributed by atoms with Crippen molar-refractivity contribution in [1.29, 1.82) is 0 Å². The van der Waals surface area contributed by atoms with Gasteiger partial charge in [-0.15, -0.1) is 0 Å². The zero-order valence-electron chi connectivity index (χ0n) is 10.00. The van der Waals surface area contributed by atoms with Crippen LogP contribution in [0.4, 0.5) is 0 Å². The number of hydrogen-bond donors (Lipinski definition) is 0. The van der Waals surface area contributed by atoms with Crippen LogP contribution in [0.15, 0.2) is 24.3 Å². The number of rotatable bonds is 2. The van der Waals surface area contributed by atoms with Crippen LogP contribution in [-0.4, -0.2) is 10.2 Å². The molecule has 0 atom stereocenters. The second-order valence-corrected chi connectivity index (χ2v) is 5.85. The molecule has 0 radical (unpaired) electrons. The molecule has 0 aromatic heterocycles. The van der Waals surface area contributed by atoms with Gasteiger partial charge in [-0.1, -0.05) is 48.7 Å². The molecule has 1 aliphatic carbocycles. The minimum atomic E-state index is 0.857. The molecule has 0 aliphatic heterocycles. The van der Waals surface area contributed by atoms with Crippen LogP contribution in [-0.2, 0) is 0 Å². The van der Waals surface area contributed by atoms with Gasteiger partial charge in [0.15, 0.2) is 0 Å². The van der Waals surface area contributed by atoms with Gasteiger partial charge in [0.1, 0.15) is 0 Å². The van der Waals surface area contributed by atoms with Crippen molar-refractivity contribution < 1.29 is 0 Å². The zero-order valence-corrected chi connectivity index (χ0v) is 12.0. The monoisotopic (exact) mass is 218 g/mol. The molecule has 15 heavy (non-hydrogen) atoms. The summed E-state index contributed by atoms with van der Waals surface area (Å²) in [5.41, 5.74) is 2.96. The SMILES string of the molecule is Cc1ccc(C2CCC(C[SiH3])CC2)cc1. The molecule has 0 nitrogen and oxygen atoms in total. The Morgan fingerprint density at radius 2 is 1.67 bits per heavy atom. The van der Waals surface area contributed by atoms with Gasteiger partial charge in [0, 0.05) is 10.2 Å². The summed E-state index contributed by atoms with van der Waals surface area (Å²) in [5.74, 6) is 1.92. The highest BCUT2D eigenvalue weighted by Gasteiger charge is 2.20. The molecule has 0 heterocycles. The highest BCUT2D eigenvalue weighted by atomic mass is 28.1. The summed E-state index contributed by atoms with van der Waals surface area (Å²) in [4.78, 5) is 0. The van der Waals surface area contributed by atoms with E-state index in [9.17, 15) is 0 Å². The van der Waals surface area contributed by atoms with Crippen molar-refractivity contribution in [3.63, 3.8) is 0 Å². The molecule has 1 aromatic rings. The van der Waals surface area contributed by atoms with Crippen molar-refractivity contribution in [2.75, 3.05) is 0 Å². The van der Waals surface area contributed by atoms with Gasteiger partial charge in [-0.3, -0.25) is 0 Å². The van der Waals surface area contributed by atoms with Crippen molar-refractivity contribution >= 4 is 10.2 Å². The first-order valence-corrected chi connectivity index (χ1v) is 7.77. The standard InChI is InChI=1S/C14H22Si/c1-11-2-6-13(7-3-11)14-8-4-12(10-15)5-9-14/h2-3,6-7,12,14H,4-5,8-10H2,1,15H3. The smallest absolute Gasteiger partial charge is 0.00314 e. The Kier molecular flexibility index (Phi) is 3.63. The molecule has 0 saturated heterocycles. The van der Waals surface area contributed by atoms with Crippen molar-refractivity contribution in [2.45, 2.75) is 44.6 Å². The Morgan fingerprint density at radius 1 is 1.07 bits per heavy atom. The third-order valence-corrected chi connectivity index (χ3v) is 5.13. The van der Waals surface area contributed by atoms with E-state index in [1.54, 1.807) is 5.56 Å². The Balaban J connectivity index is 1.98. The topological polar surface area (TPSA) is 0 Å². The van der Waals surface area contributed by atoms with Crippen LogP contribution >= 0.6 is 0 Å². The Hall–Kier alpha value is -0.563. The lowest BCUT2D eigenvalue weighted by Crippen LogP contribution is -2.12. The van der Waals surface area contributed by atoms with E-state index in [1.165, 1.54) is 47.5 Å². The molecule has 2 rings (SSSR count). The second-order valence-electron chi connectivity index (χ2n) is 5.04. The van der Waals surface area contributed by atoms with Crippen molar-refractivity contribution in [2.24, 2.45) is 5.92 Å². The average molecular weight is 218 g/mol. The Labute approximate surface area is 96.5 Å². The minimum Gasteiger partial charge on any atom is -0.0631 e. The zero-order chi connectivity index (χ0) is 10.7. The van der Waals surface area contributed by atoms with E-state index in [2.05, 4.69) is 31.2 Å². The van der Waals surface area contributed by atoms with Crippen molar-refractivity contribution in [1.82, 2.24) is 0 Å². The van der Waals surface area contributed by atoms with E-state index in [4.69, 9.17) is 0 Å². The van der Waals surface area contributed by atoms with Crippen molar-refractivity contribution in [3.05, 3.63) is 35.4 Å². The Morgan fingerprint density at radius 3 is 2.20 bits per heavy atom. The summed E-state index contributed by atoms with van der Waals surface area (Å²) in [6.07, 6.45) is 5.80. The molecule has 0 bridgehead atoms. The fraction of sp³-hybridized carbons (Fsp3) is 0.571. The van der Waals surface area contributed by atoms with E-state index in [0.717, 1.165) is 11.8 Å². The molecule has 1 heteroatoms. The van der Waals surface area contributed by atoms with E-state index in [1.807, 2.05) is 0 Å². The van der Waals surface area contributed by atoms with Crippen LogP contribution in [0.5, 0.6) is 0 Å². The molecule has 0 spiro atoms. The maximum absolute atomic E-state index is 2.33. The highest BCUT2D eigenvalue weighted by molar-refractivity contribution is 6.08. The van der Waals surface area contributed by atoms with E-state index in [-0.39, 0.29) is 0 Å². The largest absolute Gasteiger partial charge is 0.0631 e. The summed E-state index contributed by atoms with van der Waals surface area (Å²) in [5, 5.41) is 0. The van der Waals surface area contributed by atoms with Crippen LogP contribution in [0.3, 0.4) is 0 Å². The molecule has 1 aliphatic rings. The van der Waals surface area contributed by atoms with Crippen LogP contribution < -0.4 is 0 Å². The van der Waals surface area contributed by atoms with E-state index >= 15 is 0 Å². The fourth-order valence-electron chi connectivity index (χ4n) is 2.74. The van der Waals surface area contributed by atoms with Gasteiger partial charge in [-0.25, -0.2) is 0 Å². The fourth-order valence-corrected chi connectivity index (χ4v) is 3.56. The first kappa shape index (κ1) is 10.9. The molecule has 0 unspecified atom stereocenters. The molecule has 0 N–H and O–H groups in total. The van der Waals surface area contributed by atoms with Gasteiger partial charge >= 0.3 is 0 Å². The lowest BCUT2D eigenvalue weighted by Gasteiger charge is -2.28. The molecule has 1 fully saturated rings. The maximum Gasteiger partial charge on any atom is 0.00314 e. The van der Waals surface area contributed by atoms with E-state index in [0.29, 0.717) is 0 Å². The summed E-state index contributed by atoms with van der Waals surface area (Å²) < 4.78 is 0. The van der Waals surface area contributed by atoms with Crippen LogP contribution in [0.2, 0.25) is 6.04 Å². The summed E-state index contributed by atoms with van der Waals surface area (Å²) in [6, 6.07) is 10.7. The number of benzene rings is 1. The van der Waals surface area contributed by atoms with Crippen molar-refractivity contribution in [3.8, 4) is 0 Å².